The predicted molar refractivity (Wildman–Crippen MR) is 64.1 cm³/mol. The van der Waals surface area contributed by atoms with Crippen molar-refractivity contribution in [3.63, 3.8) is 0 Å². The number of rotatable bonds is 6. The van der Waals surface area contributed by atoms with Crippen molar-refractivity contribution < 1.29 is 19.4 Å². The van der Waals surface area contributed by atoms with Crippen molar-refractivity contribution in [2.45, 2.75) is 19.4 Å². The fourth-order valence-electron chi connectivity index (χ4n) is 1.26. The van der Waals surface area contributed by atoms with Crippen LogP contribution in [0.25, 0.3) is 0 Å². The van der Waals surface area contributed by atoms with Gasteiger partial charge in [0.1, 0.15) is 18.5 Å². The molecule has 0 fully saturated rings. The van der Waals surface area contributed by atoms with E-state index >= 15 is 0 Å². The van der Waals surface area contributed by atoms with Gasteiger partial charge in [0.05, 0.1) is 24.7 Å². The first-order valence-electron chi connectivity index (χ1n) is 5.62. The molecule has 5 heteroatoms. The molecule has 0 saturated heterocycles. The van der Waals surface area contributed by atoms with Crippen LogP contribution >= 0.6 is 0 Å². The summed E-state index contributed by atoms with van der Waals surface area (Å²) in [6, 6.07) is 8.26. The summed E-state index contributed by atoms with van der Waals surface area (Å²) in [6.45, 7) is 2.12. The number of carbonyl (C=O) groups excluding carboxylic acids is 1. The summed E-state index contributed by atoms with van der Waals surface area (Å²) >= 11 is 0. The van der Waals surface area contributed by atoms with Gasteiger partial charge in [0, 0.05) is 0 Å². The lowest BCUT2D eigenvalue weighted by Crippen LogP contribution is -2.16. The van der Waals surface area contributed by atoms with Crippen LogP contribution in [0.15, 0.2) is 24.3 Å². The number of aliphatic hydroxyl groups excluding tert-OH is 1. The topological polar surface area (TPSA) is 79.6 Å². The summed E-state index contributed by atoms with van der Waals surface area (Å²) in [6.07, 6.45) is -0.777. The summed E-state index contributed by atoms with van der Waals surface area (Å²) in [4.78, 5) is 11.4. The molecule has 1 atom stereocenters. The second-order valence-corrected chi connectivity index (χ2v) is 3.57. The van der Waals surface area contributed by atoms with Gasteiger partial charge in [-0.25, -0.2) is 4.79 Å². The van der Waals surface area contributed by atoms with Crippen molar-refractivity contribution in [3.8, 4) is 11.8 Å². The molecule has 96 valence electrons. The van der Waals surface area contributed by atoms with Crippen LogP contribution in [0.5, 0.6) is 5.75 Å². The molecule has 0 aromatic heterocycles. The van der Waals surface area contributed by atoms with Crippen LogP contribution in [0.4, 0.5) is 0 Å². The van der Waals surface area contributed by atoms with E-state index < -0.39 is 6.10 Å². The normalized spacial score (nSPS) is 11.4. The Bertz CT molecular complexity index is 422. The van der Waals surface area contributed by atoms with E-state index in [4.69, 9.17) is 14.7 Å². The second-order valence-electron chi connectivity index (χ2n) is 3.57. The molecule has 0 aliphatic carbocycles. The fraction of sp³-hybridized carbons (Fsp3) is 0.385. The van der Waals surface area contributed by atoms with Crippen molar-refractivity contribution >= 4 is 5.97 Å². The minimum atomic E-state index is -0.806. The SMILES string of the molecule is CCOC(=O)c1ccc(OC[C@H](O)CC#N)cc1. The number of hydrogen-bond donors (Lipinski definition) is 1. The molecule has 0 spiro atoms. The summed E-state index contributed by atoms with van der Waals surface area (Å²) < 4.78 is 10.1. The van der Waals surface area contributed by atoms with Crippen LogP contribution in [0.1, 0.15) is 23.7 Å². The Morgan fingerprint density at radius 3 is 2.67 bits per heavy atom. The Morgan fingerprint density at radius 2 is 2.11 bits per heavy atom. The molecule has 0 heterocycles. The fourth-order valence-corrected chi connectivity index (χ4v) is 1.26. The number of aliphatic hydroxyl groups is 1. The second kappa shape index (κ2) is 7.30. The largest absolute Gasteiger partial charge is 0.491 e. The first kappa shape index (κ1) is 14.0. The third-order valence-electron chi connectivity index (χ3n) is 2.13. The zero-order valence-electron chi connectivity index (χ0n) is 10.1. The van der Waals surface area contributed by atoms with Gasteiger partial charge in [-0.05, 0) is 31.2 Å². The van der Waals surface area contributed by atoms with Crippen LogP contribution in [-0.4, -0.2) is 30.4 Å². The molecule has 0 bridgehead atoms. The quantitative estimate of drug-likeness (QED) is 0.773. The van der Waals surface area contributed by atoms with Crippen molar-refractivity contribution in [2.24, 2.45) is 0 Å². The molecule has 0 aliphatic heterocycles. The van der Waals surface area contributed by atoms with E-state index in [1.54, 1.807) is 31.2 Å². The average molecular weight is 249 g/mol. The van der Waals surface area contributed by atoms with Crippen molar-refractivity contribution in [1.82, 2.24) is 0 Å². The first-order chi connectivity index (χ1) is 8.67. The van der Waals surface area contributed by atoms with E-state index in [9.17, 15) is 9.90 Å². The lowest BCUT2D eigenvalue weighted by molar-refractivity contribution is 0.0526. The van der Waals surface area contributed by atoms with Crippen molar-refractivity contribution in [1.29, 1.82) is 5.26 Å². The van der Waals surface area contributed by atoms with E-state index in [0.29, 0.717) is 17.9 Å². The molecule has 1 rings (SSSR count). The van der Waals surface area contributed by atoms with Gasteiger partial charge in [-0.3, -0.25) is 0 Å². The molecular weight excluding hydrogens is 234 g/mol. The highest BCUT2D eigenvalue weighted by Crippen LogP contribution is 2.13. The van der Waals surface area contributed by atoms with Crippen LogP contribution in [-0.2, 0) is 4.74 Å². The lowest BCUT2D eigenvalue weighted by Gasteiger charge is -2.09. The number of benzene rings is 1. The number of hydrogen-bond acceptors (Lipinski definition) is 5. The van der Waals surface area contributed by atoms with E-state index in [0.717, 1.165) is 0 Å². The minimum Gasteiger partial charge on any atom is -0.491 e. The highest BCUT2D eigenvalue weighted by atomic mass is 16.5. The Hall–Kier alpha value is -2.06. The van der Waals surface area contributed by atoms with Gasteiger partial charge in [0.2, 0.25) is 0 Å². The Balaban J connectivity index is 2.50. The third-order valence-corrected chi connectivity index (χ3v) is 2.13. The summed E-state index contributed by atoms with van der Waals surface area (Å²) in [7, 11) is 0. The van der Waals surface area contributed by atoms with Crippen molar-refractivity contribution in [2.75, 3.05) is 13.2 Å². The number of nitrogens with zero attached hydrogens (tertiary/aromatic N) is 1. The Kier molecular flexibility index (Phi) is 5.68. The molecule has 0 aliphatic rings. The maximum atomic E-state index is 11.4. The molecule has 0 amide bonds. The van der Waals surface area contributed by atoms with Gasteiger partial charge >= 0.3 is 5.97 Å². The Morgan fingerprint density at radius 1 is 1.44 bits per heavy atom. The molecule has 1 aromatic rings. The summed E-state index contributed by atoms with van der Waals surface area (Å²) in [5, 5.41) is 17.7. The highest BCUT2D eigenvalue weighted by Gasteiger charge is 2.07. The highest BCUT2D eigenvalue weighted by molar-refractivity contribution is 5.89. The standard InChI is InChI=1S/C13H15NO4/c1-2-17-13(16)10-3-5-12(6-4-10)18-9-11(15)7-8-14/h3-6,11,15H,2,7,9H2,1H3/t11-/m1/s1. The minimum absolute atomic E-state index is 0.0287. The molecule has 0 radical (unpaired) electrons. The number of carbonyl (C=O) groups is 1. The summed E-state index contributed by atoms with van der Waals surface area (Å²) in [5.41, 5.74) is 0.446. The zero-order valence-corrected chi connectivity index (χ0v) is 10.1. The third kappa shape index (κ3) is 4.44. The van der Waals surface area contributed by atoms with E-state index in [1.165, 1.54) is 0 Å². The van der Waals surface area contributed by atoms with Crippen molar-refractivity contribution in [3.05, 3.63) is 29.8 Å². The summed E-state index contributed by atoms with van der Waals surface area (Å²) in [5.74, 6) is 0.147. The molecular formula is C13H15NO4. The van der Waals surface area contributed by atoms with Crippen LogP contribution in [0.2, 0.25) is 0 Å². The molecule has 1 N–H and O–H groups in total. The van der Waals surface area contributed by atoms with Gasteiger partial charge < -0.3 is 14.6 Å². The number of ether oxygens (including phenoxy) is 2. The Labute approximate surface area is 106 Å². The maximum absolute atomic E-state index is 11.4. The van der Waals surface area contributed by atoms with Gasteiger partial charge in [-0.15, -0.1) is 0 Å². The zero-order chi connectivity index (χ0) is 13.4. The number of nitriles is 1. The molecule has 5 nitrogen and oxygen atoms in total. The van der Waals surface area contributed by atoms with E-state index in [2.05, 4.69) is 0 Å². The first-order valence-corrected chi connectivity index (χ1v) is 5.62. The van der Waals surface area contributed by atoms with Gasteiger partial charge in [-0.1, -0.05) is 0 Å². The molecule has 0 unspecified atom stereocenters. The van der Waals surface area contributed by atoms with Crippen LogP contribution in [0, 0.1) is 11.3 Å². The number of esters is 1. The maximum Gasteiger partial charge on any atom is 0.338 e. The van der Waals surface area contributed by atoms with Crippen LogP contribution < -0.4 is 4.74 Å². The van der Waals surface area contributed by atoms with E-state index in [-0.39, 0.29) is 19.0 Å². The van der Waals surface area contributed by atoms with Gasteiger partial charge in [-0.2, -0.15) is 5.26 Å². The lowest BCUT2D eigenvalue weighted by atomic mass is 10.2. The van der Waals surface area contributed by atoms with Gasteiger partial charge in [0.25, 0.3) is 0 Å². The van der Waals surface area contributed by atoms with E-state index in [1.807, 2.05) is 6.07 Å². The monoisotopic (exact) mass is 249 g/mol. The predicted octanol–water partition coefficient (Wildman–Crippen LogP) is 1.52. The molecule has 18 heavy (non-hydrogen) atoms. The van der Waals surface area contributed by atoms with Crippen LogP contribution in [0.3, 0.4) is 0 Å². The molecule has 0 saturated carbocycles. The smallest absolute Gasteiger partial charge is 0.338 e. The average Bonchev–Trinajstić information content (AvgIpc) is 2.37. The molecule has 1 aromatic carbocycles. The van der Waals surface area contributed by atoms with Gasteiger partial charge in [0.15, 0.2) is 0 Å².